The van der Waals surface area contributed by atoms with E-state index in [1.165, 1.54) is 6.07 Å². The number of halogens is 2. The lowest BCUT2D eigenvalue weighted by atomic mass is 10.2. The third kappa shape index (κ3) is 4.97. The molecule has 4 rings (SSSR count). The summed E-state index contributed by atoms with van der Waals surface area (Å²) in [6, 6.07) is 19.6. The van der Waals surface area contributed by atoms with Crippen LogP contribution in [0.3, 0.4) is 0 Å². The van der Waals surface area contributed by atoms with Gasteiger partial charge in [0, 0.05) is 12.3 Å². The Labute approximate surface area is 196 Å². The maximum atomic E-state index is 15.6. The third-order valence-electron chi connectivity index (χ3n) is 5.24. The molecule has 0 aliphatic rings. The molecule has 0 radical (unpaired) electrons. The van der Waals surface area contributed by atoms with Crippen LogP contribution in [0.2, 0.25) is 0 Å². The SMILES string of the molecule is CCP(=O)(CC)c1c(F)ccc(-c2nc(Oc3ccccc3)nc(Oc3ccccc3)n2)c1F. The van der Waals surface area contributed by atoms with Gasteiger partial charge >= 0.3 is 12.0 Å². The lowest BCUT2D eigenvalue weighted by Crippen LogP contribution is -2.19. The van der Waals surface area contributed by atoms with Crippen molar-refractivity contribution in [3.05, 3.63) is 84.4 Å². The fourth-order valence-electron chi connectivity index (χ4n) is 3.36. The Bertz CT molecular complexity index is 1270. The lowest BCUT2D eigenvalue weighted by molar-refractivity contribution is 0.398. The Balaban J connectivity index is 1.84. The van der Waals surface area contributed by atoms with Gasteiger partial charge < -0.3 is 14.0 Å². The Morgan fingerprint density at radius 2 is 1.24 bits per heavy atom. The number of para-hydroxylation sites is 2. The molecule has 0 atom stereocenters. The van der Waals surface area contributed by atoms with Crippen molar-refractivity contribution < 1.29 is 22.8 Å². The predicted molar refractivity (Wildman–Crippen MR) is 127 cm³/mol. The van der Waals surface area contributed by atoms with E-state index in [-0.39, 0.29) is 35.7 Å². The summed E-state index contributed by atoms with van der Waals surface area (Å²) in [6.45, 7) is 3.30. The van der Waals surface area contributed by atoms with Gasteiger partial charge in [-0.05, 0) is 36.4 Å². The van der Waals surface area contributed by atoms with Crippen LogP contribution in [-0.2, 0) is 4.57 Å². The monoisotopic (exact) mass is 481 g/mol. The summed E-state index contributed by atoms with van der Waals surface area (Å²) in [7, 11) is -3.27. The topological polar surface area (TPSA) is 74.2 Å². The minimum Gasteiger partial charge on any atom is -0.424 e. The molecular weight excluding hydrogens is 459 g/mol. The fourth-order valence-corrected chi connectivity index (χ4v) is 5.39. The first-order valence-corrected chi connectivity index (χ1v) is 12.8. The number of aromatic nitrogens is 3. The fraction of sp³-hybridized carbons (Fsp3) is 0.160. The zero-order valence-electron chi connectivity index (χ0n) is 18.6. The lowest BCUT2D eigenvalue weighted by Gasteiger charge is -2.18. The molecule has 0 aliphatic carbocycles. The van der Waals surface area contributed by atoms with Crippen molar-refractivity contribution >= 4 is 12.4 Å². The maximum absolute atomic E-state index is 15.6. The van der Waals surface area contributed by atoms with Gasteiger partial charge in [0.15, 0.2) is 5.82 Å². The van der Waals surface area contributed by atoms with E-state index in [1.807, 2.05) is 12.1 Å². The normalized spacial score (nSPS) is 11.3. The van der Waals surface area contributed by atoms with Crippen LogP contribution in [0.1, 0.15) is 13.8 Å². The largest absolute Gasteiger partial charge is 0.424 e. The van der Waals surface area contributed by atoms with E-state index in [0.29, 0.717) is 11.5 Å². The Morgan fingerprint density at radius 3 is 1.71 bits per heavy atom. The van der Waals surface area contributed by atoms with Crippen molar-refractivity contribution in [3.63, 3.8) is 0 Å². The van der Waals surface area contributed by atoms with Gasteiger partial charge in [-0.15, -0.1) is 4.98 Å². The summed E-state index contributed by atoms with van der Waals surface area (Å²) in [5.41, 5.74) is -0.128. The zero-order valence-corrected chi connectivity index (χ0v) is 19.5. The predicted octanol–water partition coefficient (Wildman–Crippen LogP) is 6.43. The summed E-state index contributed by atoms with van der Waals surface area (Å²) in [6.07, 6.45) is 0.255. The quantitative estimate of drug-likeness (QED) is 0.270. The number of benzene rings is 3. The second-order valence-electron chi connectivity index (χ2n) is 7.33. The van der Waals surface area contributed by atoms with Gasteiger partial charge in [-0.3, -0.25) is 0 Å². The van der Waals surface area contributed by atoms with E-state index < -0.39 is 24.1 Å². The molecule has 0 fully saturated rings. The van der Waals surface area contributed by atoms with Gasteiger partial charge in [0.25, 0.3) is 0 Å². The van der Waals surface area contributed by atoms with Crippen molar-refractivity contribution in [1.82, 2.24) is 15.0 Å². The molecule has 1 heterocycles. The minimum absolute atomic E-state index is 0.128. The molecule has 0 saturated carbocycles. The molecule has 4 aromatic rings. The highest BCUT2D eigenvalue weighted by atomic mass is 31.2. The summed E-state index contributed by atoms with van der Waals surface area (Å²) in [5.74, 6) is -1.05. The molecule has 0 N–H and O–H groups in total. The molecule has 1 aromatic heterocycles. The smallest absolute Gasteiger partial charge is 0.328 e. The Kier molecular flexibility index (Phi) is 6.98. The number of ether oxygens (including phenoxy) is 2. The molecule has 6 nitrogen and oxygen atoms in total. The highest BCUT2D eigenvalue weighted by Crippen LogP contribution is 2.46. The molecule has 0 saturated heterocycles. The molecule has 0 spiro atoms. The van der Waals surface area contributed by atoms with E-state index in [0.717, 1.165) is 6.07 Å². The first kappa shape index (κ1) is 23.5. The van der Waals surface area contributed by atoms with Crippen molar-refractivity contribution in [1.29, 1.82) is 0 Å². The van der Waals surface area contributed by atoms with Crippen molar-refractivity contribution in [2.24, 2.45) is 0 Å². The zero-order chi connectivity index (χ0) is 24.1. The summed E-state index contributed by atoms with van der Waals surface area (Å²) in [4.78, 5) is 12.6. The van der Waals surface area contributed by atoms with Crippen LogP contribution >= 0.6 is 7.14 Å². The standard InChI is InChI=1S/C25H22F2N3O3P/c1-3-34(31,4-2)22-20(26)16-15-19(21(22)27)23-28-24(32-17-11-7-5-8-12-17)30-25(29-23)33-18-13-9-6-10-14-18/h5-16H,3-4H2,1-2H3. The number of rotatable bonds is 8. The molecule has 34 heavy (non-hydrogen) atoms. The number of hydrogen-bond donors (Lipinski definition) is 0. The van der Waals surface area contributed by atoms with Gasteiger partial charge in [0.1, 0.15) is 30.3 Å². The van der Waals surface area contributed by atoms with Crippen molar-refractivity contribution in [2.45, 2.75) is 13.8 Å². The van der Waals surface area contributed by atoms with Crippen LogP contribution < -0.4 is 14.8 Å². The highest BCUT2D eigenvalue weighted by Gasteiger charge is 2.31. The molecular formula is C25H22F2N3O3P. The van der Waals surface area contributed by atoms with Crippen LogP contribution in [0.5, 0.6) is 23.5 Å². The molecule has 0 aliphatic heterocycles. The summed E-state index contributed by atoms with van der Waals surface area (Å²) >= 11 is 0. The van der Waals surface area contributed by atoms with Crippen LogP contribution in [0, 0.1) is 11.6 Å². The van der Waals surface area contributed by atoms with E-state index in [1.54, 1.807) is 62.4 Å². The molecule has 3 aromatic carbocycles. The van der Waals surface area contributed by atoms with E-state index in [2.05, 4.69) is 15.0 Å². The Morgan fingerprint density at radius 1 is 0.735 bits per heavy atom. The van der Waals surface area contributed by atoms with E-state index in [4.69, 9.17) is 9.47 Å². The van der Waals surface area contributed by atoms with Gasteiger partial charge in [0.2, 0.25) is 0 Å². The molecule has 0 bridgehead atoms. The second-order valence-corrected chi connectivity index (χ2v) is 10.8. The molecule has 0 amide bonds. The van der Waals surface area contributed by atoms with Crippen LogP contribution in [0.15, 0.2) is 72.8 Å². The highest BCUT2D eigenvalue weighted by molar-refractivity contribution is 7.71. The molecule has 9 heteroatoms. The molecule has 0 unspecified atom stereocenters. The minimum atomic E-state index is -3.27. The maximum Gasteiger partial charge on any atom is 0.328 e. The van der Waals surface area contributed by atoms with Gasteiger partial charge in [-0.2, -0.15) is 9.97 Å². The van der Waals surface area contributed by atoms with Gasteiger partial charge in [-0.25, -0.2) is 8.78 Å². The van der Waals surface area contributed by atoms with Crippen LogP contribution in [-0.4, -0.2) is 27.3 Å². The average Bonchev–Trinajstić information content (AvgIpc) is 2.85. The molecule has 174 valence electrons. The van der Waals surface area contributed by atoms with Gasteiger partial charge in [0.05, 0.1) is 10.9 Å². The first-order chi connectivity index (χ1) is 16.4. The Hall–Kier alpha value is -3.64. The number of hydrogen-bond acceptors (Lipinski definition) is 6. The van der Waals surface area contributed by atoms with Gasteiger partial charge in [-0.1, -0.05) is 50.2 Å². The third-order valence-corrected chi connectivity index (χ3v) is 8.50. The van der Waals surface area contributed by atoms with Crippen LogP contribution in [0.4, 0.5) is 8.78 Å². The van der Waals surface area contributed by atoms with E-state index in [9.17, 15) is 8.96 Å². The summed E-state index contributed by atoms with van der Waals surface area (Å²) in [5, 5.41) is -0.425. The first-order valence-electron chi connectivity index (χ1n) is 10.7. The van der Waals surface area contributed by atoms with Crippen molar-refractivity contribution in [2.75, 3.05) is 12.3 Å². The average molecular weight is 481 g/mol. The van der Waals surface area contributed by atoms with Crippen molar-refractivity contribution in [3.8, 4) is 34.9 Å². The second kappa shape index (κ2) is 10.1. The van der Waals surface area contributed by atoms with Crippen LogP contribution in [0.25, 0.3) is 11.4 Å². The summed E-state index contributed by atoms with van der Waals surface area (Å²) < 4.78 is 54.9. The van der Waals surface area contributed by atoms with E-state index >= 15 is 4.39 Å². The number of nitrogens with zero attached hydrogens (tertiary/aromatic N) is 3.